The molecule has 0 saturated carbocycles. The number of hydrogen-bond acceptors (Lipinski definition) is 6. The van der Waals surface area contributed by atoms with Crippen molar-refractivity contribution in [3.8, 4) is 0 Å². The maximum atomic E-state index is 11.3. The van der Waals surface area contributed by atoms with E-state index in [2.05, 4.69) is 22.0 Å². The minimum Gasteiger partial charge on any atom is -0.283 e. The maximum absolute atomic E-state index is 11.3. The standard InChI is InChI=1S/C5H10NO4PS/c1-3-8-11(7,9-4-2)10-6-5-12/h3-4H2,1-2H3. The molecule has 0 unspecified atom stereocenters. The van der Waals surface area contributed by atoms with Gasteiger partial charge in [-0.2, -0.15) is 0 Å². The molecule has 0 heterocycles. The molecule has 5 nitrogen and oxygen atoms in total. The molecule has 7 heteroatoms. The van der Waals surface area contributed by atoms with Gasteiger partial charge in [-0.25, -0.2) is 4.57 Å². The fourth-order valence-electron chi connectivity index (χ4n) is 0.467. The molecule has 0 bridgehead atoms. The number of thiocarbonyl (C=S) groups is 1. The van der Waals surface area contributed by atoms with E-state index in [-0.39, 0.29) is 13.2 Å². The van der Waals surface area contributed by atoms with Crippen molar-refractivity contribution < 1.29 is 18.2 Å². The van der Waals surface area contributed by atoms with Crippen molar-refractivity contribution in [2.45, 2.75) is 13.8 Å². The molecular formula is C5H10NO4PS. The van der Waals surface area contributed by atoms with Crippen LogP contribution in [0, 0.1) is 0 Å². The summed E-state index contributed by atoms with van der Waals surface area (Å²) < 4.78 is 25.1. The van der Waals surface area contributed by atoms with Gasteiger partial charge < -0.3 is 0 Å². The lowest BCUT2D eigenvalue weighted by molar-refractivity contribution is 0.126. The second kappa shape index (κ2) is 6.29. The van der Waals surface area contributed by atoms with Gasteiger partial charge in [0.1, 0.15) is 5.16 Å². The Morgan fingerprint density at radius 2 is 1.92 bits per heavy atom. The maximum Gasteiger partial charge on any atom is 0.551 e. The number of hydrogen-bond donors (Lipinski definition) is 0. The zero-order valence-electron chi connectivity index (χ0n) is 6.85. The highest BCUT2D eigenvalue weighted by Crippen LogP contribution is 2.49. The van der Waals surface area contributed by atoms with Crippen LogP contribution >= 0.6 is 20.0 Å². The molecule has 0 saturated heterocycles. The monoisotopic (exact) mass is 211 g/mol. The number of rotatable bonds is 6. The highest BCUT2D eigenvalue weighted by atomic mass is 32.1. The molecule has 0 fully saturated rings. The summed E-state index contributed by atoms with van der Waals surface area (Å²) in [7, 11) is -3.53. The van der Waals surface area contributed by atoms with Gasteiger partial charge in [-0.15, -0.1) is 0 Å². The van der Waals surface area contributed by atoms with Crippen LogP contribution in [-0.2, 0) is 18.2 Å². The molecule has 0 atom stereocenters. The highest BCUT2D eigenvalue weighted by molar-refractivity contribution is 7.78. The summed E-state index contributed by atoms with van der Waals surface area (Å²) in [6.45, 7) is 3.75. The van der Waals surface area contributed by atoms with Crippen LogP contribution in [0.25, 0.3) is 0 Å². The first-order valence-corrected chi connectivity index (χ1v) is 5.20. The Kier molecular flexibility index (Phi) is 6.16. The lowest BCUT2D eigenvalue weighted by Crippen LogP contribution is -1.96. The third kappa shape index (κ3) is 4.59. The molecule has 0 radical (unpaired) electrons. The van der Waals surface area contributed by atoms with Gasteiger partial charge >= 0.3 is 7.82 Å². The Bertz CT molecular complexity index is 205. The van der Waals surface area contributed by atoms with Crippen LogP contribution in [0.1, 0.15) is 13.8 Å². The molecule has 0 aromatic rings. The van der Waals surface area contributed by atoms with Crippen molar-refractivity contribution in [1.82, 2.24) is 0 Å². The highest BCUT2D eigenvalue weighted by Gasteiger charge is 2.26. The van der Waals surface area contributed by atoms with E-state index in [1.165, 1.54) is 0 Å². The van der Waals surface area contributed by atoms with Crippen molar-refractivity contribution in [3.05, 3.63) is 0 Å². The molecule has 0 spiro atoms. The second-order valence-electron chi connectivity index (χ2n) is 1.55. The SMILES string of the molecule is CCOP(=O)(OCC)ON=C=S. The van der Waals surface area contributed by atoms with Crippen LogP contribution in [0.4, 0.5) is 0 Å². The molecule has 12 heavy (non-hydrogen) atoms. The van der Waals surface area contributed by atoms with E-state index >= 15 is 0 Å². The van der Waals surface area contributed by atoms with Crippen LogP contribution in [0.15, 0.2) is 5.16 Å². The molecular weight excluding hydrogens is 201 g/mol. The van der Waals surface area contributed by atoms with Crippen LogP contribution in [0.3, 0.4) is 0 Å². The normalized spacial score (nSPS) is 10.5. The third-order valence-electron chi connectivity index (χ3n) is 0.753. The van der Waals surface area contributed by atoms with Gasteiger partial charge in [0.05, 0.1) is 13.2 Å². The van der Waals surface area contributed by atoms with E-state index in [9.17, 15) is 4.57 Å². The summed E-state index contributed by atoms with van der Waals surface area (Å²) >= 11 is 4.21. The molecule has 0 N–H and O–H groups in total. The Balaban J connectivity index is 4.17. The first-order valence-electron chi connectivity index (χ1n) is 3.33. The van der Waals surface area contributed by atoms with Gasteiger partial charge in [-0.1, -0.05) is 0 Å². The molecule has 0 aliphatic rings. The Hall–Kier alpha value is -0.250. The Morgan fingerprint density at radius 3 is 2.25 bits per heavy atom. The minimum atomic E-state index is -3.53. The van der Waals surface area contributed by atoms with Crippen molar-refractivity contribution in [3.63, 3.8) is 0 Å². The summed E-state index contributed by atoms with van der Waals surface area (Å²) in [5.74, 6) is 0. The van der Waals surface area contributed by atoms with Crippen LogP contribution < -0.4 is 0 Å². The van der Waals surface area contributed by atoms with Crippen LogP contribution in [-0.4, -0.2) is 18.4 Å². The fraction of sp³-hybridized carbons (Fsp3) is 0.800. The average molecular weight is 211 g/mol. The smallest absolute Gasteiger partial charge is 0.283 e. The summed E-state index contributed by atoms with van der Waals surface area (Å²) in [6.07, 6.45) is 0. The molecule has 70 valence electrons. The average Bonchev–Trinajstić information content (AvgIpc) is 2.02. The summed E-state index contributed by atoms with van der Waals surface area (Å²) in [4.78, 5) is 0. The van der Waals surface area contributed by atoms with Crippen molar-refractivity contribution in [1.29, 1.82) is 0 Å². The van der Waals surface area contributed by atoms with Gasteiger partial charge in [-0.3, -0.25) is 13.7 Å². The molecule has 0 aliphatic heterocycles. The van der Waals surface area contributed by atoms with E-state index in [0.717, 1.165) is 0 Å². The van der Waals surface area contributed by atoms with Gasteiger partial charge in [0, 0.05) is 0 Å². The number of nitrogens with zero attached hydrogens (tertiary/aromatic N) is 1. The first kappa shape index (κ1) is 11.8. The number of isothiocyanates is 1. The zero-order valence-corrected chi connectivity index (χ0v) is 8.56. The topological polar surface area (TPSA) is 57.1 Å². The van der Waals surface area contributed by atoms with E-state index in [4.69, 9.17) is 9.05 Å². The summed E-state index contributed by atoms with van der Waals surface area (Å²) in [5.41, 5.74) is 0. The second-order valence-corrected chi connectivity index (χ2v) is 3.30. The van der Waals surface area contributed by atoms with Gasteiger partial charge in [0.25, 0.3) is 0 Å². The lowest BCUT2D eigenvalue weighted by atomic mass is 10.9. The van der Waals surface area contributed by atoms with Crippen LogP contribution in [0.2, 0.25) is 0 Å². The molecule has 0 aliphatic carbocycles. The van der Waals surface area contributed by atoms with Crippen molar-refractivity contribution >= 4 is 25.2 Å². The molecule has 0 rings (SSSR count). The zero-order chi connectivity index (χ0) is 9.45. The summed E-state index contributed by atoms with van der Waals surface area (Å²) in [5, 5.41) is 4.93. The predicted octanol–water partition coefficient (Wildman–Crippen LogP) is 2.20. The third-order valence-corrected chi connectivity index (χ3v) is 2.26. The molecule has 0 amide bonds. The Labute approximate surface area is 76.3 Å². The van der Waals surface area contributed by atoms with E-state index < -0.39 is 7.82 Å². The first-order chi connectivity index (χ1) is 5.68. The van der Waals surface area contributed by atoms with E-state index in [1.807, 2.05) is 5.16 Å². The molecule has 0 aromatic heterocycles. The Morgan fingerprint density at radius 1 is 1.42 bits per heavy atom. The van der Waals surface area contributed by atoms with E-state index in [0.29, 0.717) is 0 Å². The fourth-order valence-corrected chi connectivity index (χ4v) is 1.50. The predicted molar refractivity (Wildman–Crippen MR) is 47.0 cm³/mol. The number of phosphoric acid groups is 1. The van der Waals surface area contributed by atoms with E-state index in [1.54, 1.807) is 13.8 Å². The van der Waals surface area contributed by atoms with Crippen molar-refractivity contribution in [2.24, 2.45) is 5.16 Å². The summed E-state index contributed by atoms with van der Waals surface area (Å²) in [6, 6.07) is 0. The van der Waals surface area contributed by atoms with Gasteiger partial charge in [0.2, 0.25) is 0 Å². The number of phosphoric ester groups is 1. The van der Waals surface area contributed by atoms with Gasteiger partial charge in [0.15, 0.2) is 0 Å². The van der Waals surface area contributed by atoms with Crippen LogP contribution in [0.5, 0.6) is 0 Å². The lowest BCUT2D eigenvalue weighted by Gasteiger charge is -2.11. The quantitative estimate of drug-likeness (QED) is 0.292. The largest absolute Gasteiger partial charge is 0.551 e. The van der Waals surface area contributed by atoms with Gasteiger partial charge in [-0.05, 0) is 31.2 Å². The van der Waals surface area contributed by atoms with Crippen molar-refractivity contribution in [2.75, 3.05) is 13.2 Å². The minimum absolute atomic E-state index is 0.213. The molecule has 0 aromatic carbocycles.